The van der Waals surface area contributed by atoms with Crippen molar-refractivity contribution >= 4 is 33.2 Å². The summed E-state index contributed by atoms with van der Waals surface area (Å²) in [5, 5.41) is 4.38. The van der Waals surface area contributed by atoms with E-state index in [1.165, 1.54) is 19.3 Å². The summed E-state index contributed by atoms with van der Waals surface area (Å²) in [7, 11) is 0. The molecule has 1 aliphatic carbocycles. The first-order chi connectivity index (χ1) is 9.82. The lowest BCUT2D eigenvalue weighted by Crippen LogP contribution is -2.37. The smallest absolute Gasteiger partial charge is 0.156 e. The Balaban J connectivity index is 2.19. The maximum absolute atomic E-state index is 6.20. The molecule has 0 heterocycles. The first-order valence-electron chi connectivity index (χ1n) is 7.71. The summed E-state index contributed by atoms with van der Waals surface area (Å²) in [5.74, 6) is 1.50. The van der Waals surface area contributed by atoms with Crippen molar-refractivity contribution < 1.29 is 4.74 Å². The Kier molecular flexibility index (Phi) is 5.48. The van der Waals surface area contributed by atoms with Crippen molar-refractivity contribution in [2.75, 3.05) is 11.9 Å². The van der Waals surface area contributed by atoms with E-state index >= 15 is 0 Å². The summed E-state index contributed by atoms with van der Waals surface area (Å²) in [5.41, 5.74) is 1.45. The van der Waals surface area contributed by atoms with Gasteiger partial charge in [0.2, 0.25) is 0 Å². The first-order valence-corrected chi connectivity index (χ1v) is 8.88. The molecule has 2 nitrogen and oxygen atoms in total. The minimum Gasteiger partial charge on any atom is -0.491 e. The average molecular weight is 375 g/mol. The van der Waals surface area contributed by atoms with Crippen molar-refractivity contribution in [3.8, 4) is 5.75 Å². The molecule has 2 atom stereocenters. The highest BCUT2D eigenvalue weighted by atomic mass is 79.9. The summed E-state index contributed by atoms with van der Waals surface area (Å²) in [4.78, 5) is 0. The Morgan fingerprint density at radius 1 is 1.43 bits per heavy atom. The molecular weight excluding hydrogens is 350 g/mol. The minimum absolute atomic E-state index is 0.454. The Hall–Kier alpha value is -0.410. The number of halogens is 2. The van der Waals surface area contributed by atoms with E-state index in [0.717, 1.165) is 20.9 Å². The molecule has 118 valence electrons. The summed E-state index contributed by atoms with van der Waals surface area (Å²) in [6, 6.07) is 4.32. The molecule has 2 unspecified atom stereocenters. The van der Waals surface area contributed by atoms with E-state index in [2.05, 4.69) is 42.0 Å². The van der Waals surface area contributed by atoms with Crippen LogP contribution >= 0.6 is 27.5 Å². The number of benzene rings is 1. The molecule has 1 aromatic carbocycles. The molecule has 0 saturated heterocycles. The molecule has 0 aromatic heterocycles. The zero-order chi connectivity index (χ0) is 15.6. The normalized spacial score (nSPS) is 24.7. The largest absolute Gasteiger partial charge is 0.491 e. The van der Waals surface area contributed by atoms with Gasteiger partial charge in [-0.1, -0.05) is 32.4 Å². The lowest BCUT2D eigenvalue weighted by atomic mass is 9.70. The minimum atomic E-state index is 0.454. The molecule has 0 amide bonds. The molecule has 0 bridgehead atoms. The summed E-state index contributed by atoms with van der Waals surface area (Å²) in [6.45, 7) is 9.69. The van der Waals surface area contributed by atoms with Gasteiger partial charge in [0.25, 0.3) is 0 Å². The fourth-order valence-corrected chi connectivity index (χ4v) is 4.24. The maximum atomic E-state index is 6.20. The van der Waals surface area contributed by atoms with Crippen LogP contribution in [0.4, 0.5) is 5.69 Å². The number of anilines is 1. The standard InChI is InChI=1S/C17H25BrClNO/c1-5-21-16-13(18)8-12(19)9-15(16)20-14-6-7-17(3,4)10-11(14)2/h8-9,11,14,20H,5-7,10H2,1-4H3. The Morgan fingerprint density at radius 2 is 2.14 bits per heavy atom. The van der Waals surface area contributed by atoms with Crippen LogP contribution < -0.4 is 10.1 Å². The molecule has 0 spiro atoms. The zero-order valence-corrected chi connectivity index (χ0v) is 15.6. The van der Waals surface area contributed by atoms with Crippen molar-refractivity contribution in [2.24, 2.45) is 11.3 Å². The summed E-state index contributed by atoms with van der Waals surface area (Å²) < 4.78 is 6.68. The topological polar surface area (TPSA) is 21.3 Å². The third-order valence-corrected chi connectivity index (χ3v) is 5.14. The fraction of sp³-hybridized carbons (Fsp3) is 0.647. The van der Waals surface area contributed by atoms with Gasteiger partial charge in [-0.3, -0.25) is 0 Å². The molecule has 1 saturated carbocycles. The van der Waals surface area contributed by atoms with E-state index in [1.54, 1.807) is 0 Å². The van der Waals surface area contributed by atoms with Gasteiger partial charge in [-0.05, 0) is 65.6 Å². The van der Waals surface area contributed by atoms with Crippen LogP contribution in [0.25, 0.3) is 0 Å². The molecule has 1 fully saturated rings. The number of nitrogens with one attached hydrogen (secondary N) is 1. The predicted octanol–water partition coefficient (Wildman–Crippen LogP) is 6.13. The Bertz CT molecular complexity index is 504. The second-order valence-corrected chi connectivity index (χ2v) is 8.12. The third-order valence-electron chi connectivity index (χ3n) is 4.33. The second kappa shape index (κ2) is 6.78. The summed E-state index contributed by atoms with van der Waals surface area (Å²) in [6.07, 6.45) is 3.68. The van der Waals surface area contributed by atoms with E-state index in [-0.39, 0.29) is 0 Å². The number of hydrogen-bond acceptors (Lipinski definition) is 2. The van der Waals surface area contributed by atoms with Crippen molar-refractivity contribution in [1.82, 2.24) is 0 Å². The highest BCUT2D eigenvalue weighted by molar-refractivity contribution is 9.10. The highest BCUT2D eigenvalue weighted by Gasteiger charge is 2.32. The van der Waals surface area contributed by atoms with Gasteiger partial charge in [-0.2, -0.15) is 0 Å². The van der Waals surface area contributed by atoms with Crippen molar-refractivity contribution in [2.45, 2.75) is 53.0 Å². The van der Waals surface area contributed by atoms with Gasteiger partial charge in [-0.25, -0.2) is 0 Å². The first kappa shape index (κ1) is 17.0. The van der Waals surface area contributed by atoms with Gasteiger partial charge in [-0.15, -0.1) is 0 Å². The van der Waals surface area contributed by atoms with Crippen molar-refractivity contribution in [3.05, 3.63) is 21.6 Å². The Labute approximate surface area is 141 Å². The van der Waals surface area contributed by atoms with E-state index in [9.17, 15) is 0 Å². The van der Waals surface area contributed by atoms with E-state index in [0.29, 0.717) is 24.0 Å². The van der Waals surface area contributed by atoms with Crippen molar-refractivity contribution in [3.63, 3.8) is 0 Å². The van der Waals surface area contributed by atoms with Crippen LogP contribution in [0.15, 0.2) is 16.6 Å². The van der Waals surface area contributed by atoms with Crippen LogP contribution in [0.5, 0.6) is 5.75 Å². The summed E-state index contributed by atoms with van der Waals surface area (Å²) >= 11 is 9.74. The lowest BCUT2D eigenvalue weighted by Gasteiger charge is -2.40. The van der Waals surface area contributed by atoms with Gasteiger partial charge in [0, 0.05) is 11.1 Å². The monoisotopic (exact) mass is 373 g/mol. The van der Waals surface area contributed by atoms with Gasteiger partial charge in [0.05, 0.1) is 16.8 Å². The highest BCUT2D eigenvalue weighted by Crippen LogP contribution is 2.42. The van der Waals surface area contributed by atoms with E-state index < -0.39 is 0 Å². The number of hydrogen-bond donors (Lipinski definition) is 1. The molecule has 2 rings (SSSR count). The van der Waals surface area contributed by atoms with Crippen LogP contribution in [-0.4, -0.2) is 12.6 Å². The molecular formula is C17H25BrClNO. The van der Waals surface area contributed by atoms with Gasteiger partial charge < -0.3 is 10.1 Å². The van der Waals surface area contributed by atoms with Crippen LogP contribution in [0, 0.1) is 11.3 Å². The Morgan fingerprint density at radius 3 is 2.76 bits per heavy atom. The van der Waals surface area contributed by atoms with Crippen molar-refractivity contribution in [1.29, 1.82) is 0 Å². The predicted molar refractivity (Wildman–Crippen MR) is 94.5 cm³/mol. The number of ether oxygens (including phenoxy) is 1. The van der Waals surface area contributed by atoms with E-state index in [1.807, 2.05) is 19.1 Å². The van der Waals surface area contributed by atoms with Crippen LogP contribution in [0.2, 0.25) is 5.02 Å². The van der Waals surface area contributed by atoms with E-state index in [4.69, 9.17) is 16.3 Å². The van der Waals surface area contributed by atoms with Crippen LogP contribution in [-0.2, 0) is 0 Å². The maximum Gasteiger partial charge on any atom is 0.156 e. The molecule has 0 aliphatic heterocycles. The molecule has 4 heteroatoms. The lowest BCUT2D eigenvalue weighted by molar-refractivity contribution is 0.177. The molecule has 1 aliphatic rings. The van der Waals surface area contributed by atoms with Gasteiger partial charge in [0.1, 0.15) is 0 Å². The van der Waals surface area contributed by atoms with Gasteiger partial charge in [0.15, 0.2) is 5.75 Å². The molecule has 0 radical (unpaired) electrons. The second-order valence-electron chi connectivity index (χ2n) is 6.83. The molecule has 21 heavy (non-hydrogen) atoms. The van der Waals surface area contributed by atoms with Crippen LogP contribution in [0.3, 0.4) is 0 Å². The van der Waals surface area contributed by atoms with Gasteiger partial charge >= 0.3 is 0 Å². The quantitative estimate of drug-likeness (QED) is 0.684. The average Bonchev–Trinajstić information content (AvgIpc) is 2.36. The molecule has 1 aromatic rings. The van der Waals surface area contributed by atoms with Crippen LogP contribution in [0.1, 0.15) is 47.0 Å². The number of rotatable bonds is 4. The third kappa shape index (κ3) is 4.29. The fourth-order valence-electron chi connectivity index (χ4n) is 3.32. The zero-order valence-electron chi connectivity index (χ0n) is 13.3. The SMILES string of the molecule is CCOc1c(Br)cc(Cl)cc1NC1CCC(C)(C)CC1C. The molecule has 1 N–H and O–H groups in total.